The average Bonchev–Trinajstić information content (AvgIpc) is 2.39. The summed E-state index contributed by atoms with van der Waals surface area (Å²) in [5.41, 5.74) is 6.51. The van der Waals surface area contributed by atoms with Crippen molar-refractivity contribution in [1.82, 2.24) is 5.32 Å². The van der Waals surface area contributed by atoms with E-state index < -0.39 is 0 Å². The van der Waals surface area contributed by atoms with Gasteiger partial charge in [-0.2, -0.15) is 0 Å². The van der Waals surface area contributed by atoms with Crippen LogP contribution in [0.5, 0.6) is 5.75 Å². The summed E-state index contributed by atoms with van der Waals surface area (Å²) in [4.78, 5) is 12.2. The predicted octanol–water partition coefficient (Wildman–Crippen LogP) is 0.405. The molecule has 0 aromatic heterocycles. The molecule has 0 bridgehead atoms. The van der Waals surface area contributed by atoms with Gasteiger partial charge in [0, 0.05) is 19.4 Å². The topological polar surface area (TPSA) is 93.8 Å². The Labute approximate surface area is 112 Å². The molecule has 1 unspecified atom stereocenters. The van der Waals surface area contributed by atoms with Gasteiger partial charge in [-0.05, 0) is 24.6 Å². The van der Waals surface area contributed by atoms with Gasteiger partial charge < -0.3 is 25.6 Å². The Morgan fingerprint density at radius 1 is 1.47 bits per heavy atom. The molecular weight excluding hydrogens is 248 g/mol. The van der Waals surface area contributed by atoms with Gasteiger partial charge in [0.2, 0.25) is 0 Å². The van der Waals surface area contributed by atoms with Crippen LogP contribution in [-0.4, -0.2) is 44.5 Å². The molecule has 1 aromatic carbocycles. The SMILES string of the molecule is COCC(CCO)NC(=O)c1cc(N)ccc1OC. The lowest BCUT2D eigenvalue weighted by Crippen LogP contribution is -2.38. The minimum Gasteiger partial charge on any atom is -0.496 e. The zero-order chi connectivity index (χ0) is 14.3. The zero-order valence-electron chi connectivity index (χ0n) is 11.2. The number of nitrogens with two attached hydrogens (primary N) is 1. The third-order valence-corrected chi connectivity index (χ3v) is 2.65. The molecule has 0 radical (unpaired) electrons. The maximum absolute atomic E-state index is 12.2. The minimum absolute atomic E-state index is 0.0254. The van der Waals surface area contributed by atoms with E-state index in [0.717, 1.165) is 0 Å². The molecule has 1 amide bonds. The van der Waals surface area contributed by atoms with E-state index in [1.54, 1.807) is 18.2 Å². The molecule has 1 aromatic rings. The predicted molar refractivity (Wildman–Crippen MR) is 72.2 cm³/mol. The second kappa shape index (κ2) is 7.60. The van der Waals surface area contributed by atoms with Crippen LogP contribution in [0.4, 0.5) is 5.69 Å². The average molecular weight is 268 g/mol. The lowest BCUT2D eigenvalue weighted by atomic mass is 10.1. The number of nitrogens with one attached hydrogen (secondary N) is 1. The number of anilines is 1. The molecule has 19 heavy (non-hydrogen) atoms. The van der Waals surface area contributed by atoms with Crippen LogP contribution in [-0.2, 0) is 4.74 Å². The van der Waals surface area contributed by atoms with Crippen LogP contribution >= 0.6 is 0 Å². The molecule has 0 aliphatic heterocycles. The number of methoxy groups -OCH3 is 2. The second-order valence-electron chi connectivity index (χ2n) is 4.10. The third-order valence-electron chi connectivity index (χ3n) is 2.65. The van der Waals surface area contributed by atoms with Crippen LogP contribution in [0.2, 0.25) is 0 Å². The summed E-state index contributed by atoms with van der Waals surface area (Å²) in [6, 6.07) is 4.60. The number of amides is 1. The van der Waals surface area contributed by atoms with Gasteiger partial charge in [-0.1, -0.05) is 0 Å². The summed E-state index contributed by atoms with van der Waals surface area (Å²) in [6.07, 6.45) is 0.421. The zero-order valence-corrected chi connectivity index (χ0v) is 11.2. The van der Waals surface area contributed by atoms with E-state index in [-0.39, 0.29) is 18.6 Å². The molecule has 1 atom stereocenters. The molecule has 0 spiro atoms. The molecule has 6 nitrogen and oxygen atoms in total. The number of aliphatic hydroxyl groups excluding tert-OH is 1. The van der Waals surface area contributed by atoms with Crippen molar-refractivity contribution in [3.63, 3.8) is 0 Å². The van der Waals surface area contributed by atoms with Crippen molar-refractivity contribution in [3.8, 4) is 5.75 Å². The highest BCUT2D eigenvalue weighted by molar-refractivity contribution is 5.98. The fourth-order valence-corrected chi connectivity index (χ4v) is 1.72. The Morgan fingerprint density at radius 2 is 2.21 bits per heavy atom. The quantitative estimate of drug-likeness (QED) is 0.622. The van der Waals surface area contributed by atoms with Crippen molar-refractivity contribution in [1.29, 1.82) is 0 Å². The van der Waals surface area contributed by atoms with E-state index >= 15 is 0 Å². The summed E-state index contributed by atoms with van der Waals surface area (Å²) in [6.45, 7) is 0.305. The van der Waals surface area contributed by atoms with Crippen molar-refractivity contribution in [2.24, 2.45) is 0 Å². The summed E-state index contributed by atoms with van der Waals surface area (Å²) < 4.78 is 10.1. The Bertz CT molecular complexity index is 417. The van der Waals surface area contributed by atoms with Gasteiger partial charge in [0.25, 0.3) is 5.91 Å². The molecule has 0 aliphatic rings. The largest absolute Gasteiger partial charge is 0.496 e. The number of carbonyl (C=O) groups excluding carboxylic acids is 1. The smallest absolute Gasteiger partial charge is 0.255 e. The van der Waals surface area contributed by atoms with E-state index in [4.69, 9.17) is 20.3 Å². The lowest BCUT2D eigenvalue weighted by molar-refractivity contribution is 0.0876. The first-order chi connectivity index (χ1) is 9.12. The molecule has 0 heterocycles. The summed E-state index contributed by atoms with van der Waals surface area (Å²) in [7, 11) is 3.03. The molecule has 0 fully saturated rings. The molecule has 6 heteroatoms. The lowest BCUT2D eigenvalue weighted by Gasteiger charge is -2.18. The van der Waals surface area contributed by atoms with E-state index in [1.807, 2.05) is 0 Å². The van der Waals surface area contributed by atoms with Crippen LogP contribution in [0.15, 0.2) is 18.2 Å². The molecule has 0 saturated heterocycles. The van der Waals surface area contributed by atoms with Gasteiger partial charge >= 0.3 is 0 Å². The van der Waals surface area contributed by atoms with Crippen molar-refractivity contribution in [2.75, 3.05) is 33.2 Å². The first kappa shape index (κ1) is 15.3. The summed E-state index contributed by atoms with van der Waals surface area (Å²) in [5.74, 6) is 0.145. The highest BCUT2D eigenvalue weighted by Crippen LogP contribution is 2.21. The van der Waals surface area contributed by atoms with Gasteiger partial charge in [-0.25, -0.2) is 0 Å². The number of hydrogen-bond acceptors (Lipinski definition) is 5. The molecule has 0 aliphatic carbocycles. The van der Waals surface area contributed by atoms with E-state index in [9.17, 15) is 4.79 Å². The second-order valence-corrected chi connectivity index (χ2v) is 4.10. The molecule has 4 N–H and O–H groups in total. The van der Waals surface area contributed by atoms with Crippen LogP contribution in [0.3, 0.4) is 0 Å². The number of benzene rings is 1. The number of carbonyl (C=O) groups is 1. The molecule has 0 saturated carbocycles. The highest BCUT2D eigenvalue weighted by atomic mass is 16.5. The third kappa shape index (κ3) is 4.42. The van der Waals surface area contributed by atoms with Gasteiger partial charge in [-0.15, -0.1) is 0 Å². The fourth-order valence-electron chi connectivity index (χ4n) is 1.72. The highest BCUT2D eigenvalue weighted by Gasteiger charge is 2.17. The van der Waals surface area contributed by atoms with Crippen molar-refractivity contribution in [2.45, 2.75) is 12.5 Å². The standard InChI is InChI=1S/C13H20N2O4/c1-18-8-10(5-6-16)15-13(17)11-7-9(14)3-4-12(11)19-2/h3-4,7,10,16H,5-6,8,14H2,1-2H3,(H,15,17). The first-order valence-corrected chi connectivity index (χ1v) is 5.96. The van der Waals surface area contributed by atoms with Crippen LogP contribution in [0.1, 0.15) is 16.8 Å². The normalized spacial score (nSPS) is 11.9. The number of aliphatic hydroxyl groups is 1. The van der Waals surface area contributed by atoms with E-state index in [1.165, 1.54) is 14.2 Å². The van der Waals surface area contributed by atoms with Gasteiger partial charge in [-0.3, -0.25) is 4.79 Å². The molecule has 1 rings (SSSR count). The molecule has 106 valence electrons. The van der Waals surface area contributed by atoms with Crippen LogP contribution < -0.4 is 15.8 Å². The number of rotatable bonds is 7. The molecular formula is C13H20N2O4. The Balaban J connectivity index is 2.83. The summed E-state index contributed by atoms with van der Waals surface area (Å²) in [5, 5.41) is 11.7. The van der Waals surface area contributed by atoms with Gasteiger partial charge in [0.05, 0.1) is 25.3 Å². The first-order valence-electron chi connectivity index (χ1n) is 5.96. The maximum Gasteiger partial charge on any atom is 0.255 e. The van der Waals surface area contributed by atoms with Crippen molar-refractivity contribution < 1.29 is 19.4 Å². The van der Waals surface area contributed by atoms with E-state index in [2.05, 4.69) is 5.32 Å². The van der Waals surface area contributed by atoms with Crippen molar-refractivity contribution >= 4 is 11.6 Å². The van der Waals surface area contributed by atoms with Crippen molar-refractivity contribution in [3.05, 3.63) is 23.8 Å². The number of hydrogen-bond donors (Lipinski definition) is 3. The summed E-state index contributed by atoms with van der Waals surface area (Å²) >= 11 is 0. The monoisotopic (exact) mass is 268 g/mol. The number of ether oxygens (including phenoxy) is 2. The van der Waals surface area contributed by atoms with Gasteiger partial charge in [0.15, 0.2) is 0 Å². The maximum atomic E-state index is 12.2. The Hall–Kier alpha value is -1.79. The Kier molecular flexibility index (Phi) is 6.11. The van der Waals surface area contributed by atoms with Gasteiger partial charge in [0.1, 0.15) is 5.75 Å². The fraction of sp³-hybridized carbons (Fsp3) is 0.462. The Morgan fingerprint density at radius 3 is 2.79 bits per heavy atom. The van der Waals surface area contributed by atoms with Crippen LogP contribution in [0, 0.1) is 0 Å². The van der Waals surface area contributed by atoms with Crippen LogP contribution in [0.25, 0.3) is 0 Å². The number of nitrogen functional groups attached to an aromatic ring is 1. The minimum atomic E-state index is -0.306. The van der Waals surface area contributed by atoms with E-state index in [0.29, 0.717) is 30.0 Å².